The molecule has 0 bridgehead atoms. The van der Waals surface area contributed by atoms with Gasteiger partial charge in [0.05, 0.1) is 26.0 Å². The molecule has 0 saturated heterocycles. The van der Waals surface area contributed by atoms with Gasteiger partial charge < -0.3 is 4.74 Å². The van der Waals surface area contributed by atoms with Gasteiger partial charge in [0, 0.05) is 6.08 Å². The van der Waals surface area contributed by atoms with Gasteiger partial charge in [0.25, 0.3) is 5.91 Å². The summed E-state index contributed by atoms with van der Waals surface area (Å²) in [7, 11) is 1.61. The molecule has 7 heteroatoms. The number of carbonyl (C=O) groups excluding carboxylic acids is 1. The van der Waals surface area contributed by atoms with E-state index in [4.69, 9.17) is 9.57 Å². The van der Waals surface area contributed by atoms with Crippen molar-refractivity contribution in [1.29, 1.82) is 0 Å². The Morgan fingerprint density at radius 3 is 2.52 bits per heavy atom. The Balaban J connectivity index is 1.27. The van der Waals surface area contributed by atoms with E-state index in [1.807, 2.05) is 53.3 Å². The van der Waals surface area contributed by atoms with E-state index in [2.05, 4.69) is 82.5 Å². The number of hydrogen-bond acceptors (Lipinski definition) is 5. The zero-order valence-electron chi connectivity index (χ0n) is 22.2. The number of hydroxylamine groups is 1. The molecule has 5 rings (SSSR count). The number of amides is 1. The summed E-state index contributed by atoms with van der Waals surface area (Å²) in [5, 5.41) is 11.1. The van der Waals surface area contributed by atoms with Gasteiger partial charge in [0.2, 0.25) is 0 Å². The Morgan fingerprint density at radius 2 is 1.70 bits per heavy atom. The first kappa shape index (κ1) is 26.6. The zero-order chi connectivity index (χ0) is 27.6. The number of hydrogen-bond donors (Lipinski definition) is 1. The Bertz CT molecular complexity index is 1600. The van der Waals surface area contributed by atoms with Gasteiger partial charge in [-0.25, -0.2) is 10.2 Å². The molecule has 1 heterocycles. The Morgan fingerprint density at radius 1 is 0.925 bits per heavy atom. The molecule has 0 fully saturated rings. The van der Waals surface area contributed by atoms with Crippen LogP contribution >= 0.6 is 0 Å². The van der Waals surface area contributed by atoms with Crippen molar-refractivity contribution in [1.82, 2.24) is 20.5 Å². The van der Waals surface area contributed by atoms with Gasteiger partial charge in [-0.2, -0.15) is 0 Å². The van der Waals surface area contributed by atoms with Crippen LogP contribution in [-0.2, 0) is 22.7 Å². The molecule has 5 aromatic rings. The molecule has 1 N–H and O–H groups in total. The van der Waals surface area contributed by atoms with Gasteiger partial charge in [-0.15, -0.1) is 5.10 Å². The van der Waals surface area contributed by atoms with Crippen LogP contribution in [0.4, 0.5) is 0 Å². The predicted molar refractivity (Wildman–Crippen MR) is 157 cm³/mol. The fourth-order valence-electron chi connectivity index (χ4n) is 4.37. The molecule has 1 atom stereocenters. The highest BCUT2D eigenvalue weighted by atomic mass is 16.6. The van der Waals surface area contributed by atoms with Crippen molar-refractivity contribution in [2.24, 2.45) is 0 Å². The molecule has 0 aliphatic carbocycles. The van der Waals surface area contributed by atoms with Crippen LogP contribution in [0, 0.1) is 0 Å². The van der Waals surface area contributed by atoms with E-state index in [-0.39, 0.29) is 18.6 Å². The van der Waals surface area contributed by atoms with Crippen LogP contribution in [0.2, 0.25) is 0 Å². The number of rotatable bonds is 11. The molecule has 0 spiro atoms. The molecule has 1 unspecified atom stereocenters. The minimum absolute atomic E-state index is 0.0812. The molecule has 7 nitrogen and oxygen atoms in total. The maximum Gasteiger partial charge on any atom is 0.267 e. The minimum Gasteiger partial charge on any atom is -0.497 e. The van der Waals surface area contributed by atoms with Crippen LogP contribution < -0.4 is 10.2 Å². The highest BCUT2D eigenvalue weighted by molar-refractivity contribution is 5.90. The predicted octanol–water partition coefficient (Wildman–Crippen LogP) is 6.20. The monoisotopic (exact) mass is 530 g/mol. The van der Waals surface area contributed by atoms with E-state index in [0.29, 0.717) is 5.69 Å². The lowest BCUT2D eigenvalue weighted by Gasteiger charge is -2.15. The van der Waals surface area contributed by atoms with E-state index in [1.54, 1.807) is 13.2 Å². The standard InChI is InChI=1S/C33H30N4O3/c1-39-31-19-15-26(16-20-31)24-40-35-33(38)21-17-29-23-37(36-34-29)30(18-14-25-8-3-2-4-9-25)22-28-12-7-11-27-10-5-6-13-32(27)28/h2-21,23,30H,22,24H2,1H3,(H,35,38)/b18-14+,21-17+. The third-order valence-electron chi connectivity index (χ3n) is 6.46. The summed E-state index contributed by atoms with van der Waals surface area (Å²) in [6.07, 6.45) is 9.80. The maximum atomic E-state index is 12.3. The molecule has 0 aliphatic rings. The van der Waals surface area contributed by atoms with Crippen molar-refractivity contribution < 1.29 is 14.4 Å². The Hall–Kier alpha value is -5.01. The summed E-state index contributed by atoms with van der Waals surface area (Å²) in [4.78, 5) is 17.6. The number of allylic oxidation sites excluding steroid dienone is 1. The van der Waals surface area contributed by atoms with Crippen LogP contribution in [0.1, 0.15) is 28.4 Å². The molecule has 0 aliphatic heterocycles. The average molecular weight is 531 g/mol. The number of ether oxygens (including phenoxy) is 1. The number of aromatic nitrogens is 3. The summed E-state index contributed by atoms with van der Waals surface area (Å²) in [6.45, 7) is 0.239. The molecular formula is C33H30N4O3. The number of benzene rings is 4. The quantitative estimate of drug-likeness (QED) is 0.163. The third kappa shape index (κ3) is 7.09. The molecular weight excluding hydrogens is 500 g/mol. The van der Waals surface area contributed by atoms with Crippen LogP contribution in [0.3, 0.4) is 0 Å². The second-order valence-corrected chi connectivity index (χ2v) is 9.24. The molecule has 40 heavy (non-hydrogen) atoms. The van der Waals surface area contributed by atoms with Crippen molar-refractivity contribution in [2.75, 3.05) is 7.11 Å². The SMILES string of the molecule is COc1ccc(CONC(=O)/C=C/c2cn(C(/C=C/c3ccccc3)Cc3cccc4ccccc34)nn2)cc1. The lowest BCUT2D eigenvalue weighted by molar-refractivity contribution is -0.129. The summed E-state index contributed by atoms with van der Waals surface area (Å²) in [6, 6.07) is 32.3. The van der Waals surface area contributed by atoms with E-state index in [0.717, 1.165) is 23.3 Å². The van der Waals surface area contributed by atoms with Crippen LogP contribution in [0.25, 0.3) is 22.9 Å². The summed E-state index contributed by atoms with van der Waals surface area (Å²) >= 11 is 0. The highest BCUT2D eigenvalue weighted by Gasteiger charge is 2.13. The second-order valence-electron chi connectivity index (χ2n) is 9.24. The summed E-state index contributed by atoms with van der Waals surface area (Å²) < 4.78 is 6.98. The first-order valence-electron chi connectivity index (χ1n) is 13.0. The largest absolute Gasteiger partial charge is 0.497 e. The molecule has 0 radical (unpaired) electrons. The lowest BCUT2D eigenvalue weighted by atomic mass is 9.98. The van der Waals surface area contributed by atoms with Gasteiger partial charge in [0.1, 0.15) is 11.4 Å². The molecule has 1 amide bonds. The lowest BCUT2D eigenvalue weighted by Crippen LogP contribution is -2.21. The number of fused-ring (bicyclic) bond motifs is 1. The van der Waals surface area contributed by atoms with E-state index in [9.17, 15) is 4.79 Å². The van der Waals surface area contributed by atoms with E-state index >= 15 is 0 Å². The summed E-state index contributed by atoms with van der Waals surface area (Å²) in [5.74, 6) is 0.373. The van der Waals surface area contributed by atoms with Crippen molar-refractivity contribution >= 4 is 28.8 Å². The average Bonchev–Trinajstić information content (AvgIpc) is 3.48. The Kier molecular flexibility index (Phi) is 8.76. The van der Waals surface area contributed by atoms with Crippen molar-refractivity contribution in [3.8, 4) is 5.75 Å². The van der Waals surface area contributed by atoms with Crippen molar-refractivity contribution in [3.63, 3.8) is 0 Å². The Labute approximate surface area is 233 Å². The van der Waals surface area contributed by atoms with Gasteiger partial charge >= 0.3 is 0 Å². The van der Waals surface area contributed by atoms with Crippen molar-refractivity contribution in [2.45, 2.75) is 19.1 Å². The third-order valence-corrected chi connectivity index (χ3v) is 6.46. The first-order valence-corrected chi connectivity index (χ1v) is 13.0. The van der Waals surface area contributed by atoms with Crippen LogP contribution in [0.5, 0.6) is 5.75 Å². The summed E-state index contributed by atoms with van der Waals surface area (Å²) in [5.41, 5.74) is 6.24. The number of carbonyl (C=O) groups is 1. The second kappa shape index (κ2) is 13.2. The highest BCUT2D eigenvalue weighted by Crippen LogP contribution is 2.24. The first-order chi connectivity index (χ1) is 19.7. The zero-order valence-corrected chi connectivity index (χ0v) is 22.2. The number of nitrogens with one attached hydrogen (secondary N) is 1. The smallest absolute Gasteiger partial charge is 0.267 e. The fraction of sp³-hybridized carbons (Fsp3) is 0.121. The van der Waals surface area contributed by atoms with Gasteiger partial charge in [-0.1, -0.05) is 102 Å². The topological polar surface area (TPSA) is 78.3 Å². The molecule has 4 aromatic carbocycles. The van der Waals surface area contributed by atoms with Crippen LogP contribution in [0.15, 0.2) is 115 Å². The normalized spacial score (nSPS) is 12.2. The number of nitrogens with zero attached hydrogens (tertiary/aromatic N) is 3. The van der Waals surface area contributed by atoms with Gasteiger partial charge in [-0.3, -0.25) is 9.63 Å². The number of methoxy groups -OCH3 is 1. The molecule has 200 valence electrons. The minimum atomic E-state index is -0.389. The molecule has 1 aromatic heterocycles. The van der Waals surface area contributed by atoms with Gasteiger partial charge in [0.15, 0.2) is 0 Å². The van der Waals surface area contributed by atoms with E-state index < -0.39 is 0 Å². The van der Waals surface area contributed by atoms with Gasteiger partial charge in [-0.05, 0) is 52.1 Å². The fourth-order valence-corrected chi connectivity index (χ4v) is 4.37. The van der Waals surface area contributed by atoms with E-state index in [1.165, 1.54) is 22.4 Å². The molecule has 0 saturated carbocycles. The maximum absolute atomic E-state index is 12.3. The van der Waals surface area contributed by atoms with Crippen LogP contribution in [-0.4, -0.2) is 28.0 Å². The van der Waals surface area contributed by atoms with Crippen molar-refractivity contribution in [3.05, 3.63) is 138 Å².